The largest absolute Gasteiger partial charge is 0.496 e. The predicted molar refractivity (Wildman–Crippen MR) is 129 cm³/mol. The van der Waals surface area contributed by atoms with Crippen LogP contribution in [0.5, 0.6) is 11.5 Å². The lowest BCUT2D eigenvalue weighted by molar-refractivity contribution is -0.131. The van der Waals surface area contributed by atoms with Gasteiger partial charge >= 0.3 is 0 Å². The maximum Gasteiger partial charge on any atom is 0.191 e. The highest BCUT2D eigenvalue weighted by Gasteiger charge is 2.52. The molecule has 1 atom stereocenters. The van der Waals surface area contributed by atoms with Crippen LogP contribution >= 0.6 is 0 Å². The van der Waals surface area contributed by atoms with E-state index in [0.29, 0.717) is 48.1 Å². The number of halogens is 2. The van der Waals surface area contributed by atoms with Gasteiger partial charge in [-0.2, -0.15) is 5.10 Å². The Morgan fingerprint density at radius 1 is 1.14 bits per heavy atom. The number of nitrogens with one attached hydrogen (secondary N) is 1. The molecule has 188 valence electrons. The second-order valence-corrected chi connectivity index (χ2v) is 9.50. The van der Waals surface area contributed by atoms with E-state index in [4.69, 9.17) is 13.9 Å². The first-order valence-corrected chi connectivity index (χ1v) is 11.7. The van der Waals surface area contributed by atoms with E-state index in [1.54, 1.807) is 34.1 Å². The van der Waals surface area contributed by atoms with Gasteiger partial charge in [0.25, 0.3) is 0 Å². The van der Waals surface area contributed by atoms with Crippen molar-refractivity contribution in [2.75, 3.05) is 7.11 Å². The van der Waals surface area contributed by atoms with E-state index in [1.165, 1.54) is 6.07 Å². The summed E-state index contributed by atoms with van der Waals surface area (Å²) in [7, 11) is 1.58. The van der Waals surface area contributed by atoms with Crippen molar-refractivity contribution in [3.8, 4) is 34.1 Å². The number of methoxy groups -OCH3 is 1. The summed E-state index contributed by atoms with van der Waals surface area (Å²) >= 11 is 0. The van der Waals surface area contributed by atoms with Crippen LogP contribution in [0.2, 0.25) is 0 Å². The number of aromatic nitrogens is 3. The number of ether oxygens (including phenoxy) is 2. The molecule has 0 bridgehead atoms. The molecule has 0 aliphatic heterocycles. The highest BCUT2D eigenvalue weighted by Crippen LogP contribution is 2.48. The third kappa shape index (κ3) is 3.93. The van der Waals surface area contributed by atoms with Gasteiger partial charge < -0.3 is 19.0 Å². The third-order valence-electron chi connectivity index (χ3n) is 6.76. The molecule has 2 N–H and O–H groups in total. The standard InChI is InChI=1S/C27H27F2N3O4/c1-15-30-14-23(35-15)18-9-7-16(12-22(18)34-4)24-19-6-5-11-27(26(2,3)33,25(19)32-31-24)36-17-8-10-20(28)21(29)13-17/h7-10,12-14,33H,5-6,11H2,1-4H3,(H,31,32). The molecular weight excluding hydrogens is 468 g/mol. The van der Waals surface area contributed by atoms with Gasteiger partial charge in [0.2, 0.25) is 0 Å². The minimum atomic E-state index is -1.37. The Morgan fingerprint density at radius 3 is 2.61 bits per heavy atom. The molecule has 0 spiro atoms. The minimum absolute atomic E-state index is 0.119. The number of rotatable bonds is 6. The summed E-state index contributed by atoms with van der Waals surface area (Å²) in [5.74, 6) is -0.113. The summed E-state index contributed by atoms with van der Waals surface area (Å²) in [6.07, 6.45) is 3.50. The van der Waals surface area contributed by atoms with Crippen LogP contribution in [0.15, 0.2) is 47.0 Å². The molecule has 7 nitrogen and oxygen atoms in total. The molecule has 5 rings (SSSR count). The summed E-state index contributed by atoms with van der Waals surface area (Å²) in [6, 6.07) is 9.03. The normalized spacial score (nSPS) is 17.6. The molecule has 0 saturated heterocycles. The van der Waals surface area contributed by atoms with Gasteiger partial charge in [-0.05, 0) is 57.4 Å². The van der Waals surface area contributed by atoms with Crippen molar-refractivity contribution in [2.24, 2.45) is 0 Å². The molecule has 2 aromatic heterocycles. The average molecular weight is 496 g/mol. The third-order valence-corrected chi connectivity index (χ3v) is 6.76. The number of hydrogen-bond acceptors (Lipinski definition) is 6. The predicted octanol–water partition coefficient (Wildman–Crippen LogP) is 5.71. The number of benzene rings is 2. The van der Waals surface area contributed by atoms with Crippen LogP contribution in [0, 0.1) is 18.6 Å². The second kappa shape index (κ2) is 8.74. The van der Waals surface area contributed by atoms with Crippen molar-refractivity contribution < 1.29 is 27.8 Å². The van der Waals surface area contributed by atoms with Crippen LogP contribution in [0.3, 0.4) is 0 Å². The number of H-pyrrole nitrogens is 1. The summed E-state index contributed by atoms with van der Waals surface area (Å²) in [5, 5.41) is 18.9. The van der Waals surface area contributed by atoms with Gasteiger partial charge in [0.05, 0.1) is 30.3 Å². The minimum Gasteiger partial charge on any atom is -0.496 e. The van der Waals surface area contributed by atoms with Crippen molar-refractivity contribution in [1.29, 1.82) is 0 Å². The fourth-order valence-corrected chi connectivity index (χ4v) is 4.93. The van der Waals surface area contributed by atoms with E-state index in [9.17, 15) is 13.9 Å². The highest BCUT2D eigenvalue weighted by atomic mass is 19.2. The van der Waals surface area contributed by atoms with Crippen LogP contribution in [0.1, 0.15) is 43.8 Å². The monoisotopic (exact) mass is 495 g/mol. The quantitative estimate of drug-likeness (QED) is 0.356. The van der Waals surface area contributed by atoms with Gasteiger partial charge in [0.1, 0.15) is 17.1 Å². The molecule has 1 aliphatic carbocycles. The molecule has 0 amide bonds. The Hall–Kier alpha value is -3.72. The zero-order valence-corrected chi connectivity index (χ0v) is 20.5. The molecule has 0 saturated carbocycles. The Kier molecular flexibility index (Phi) is 5.83. The van der Waals surface area contributed by atoms with Gasteiger partial charge in [-0.1, -0.05) is 6.07 Å². The number of aliphatic hydroxyl groups is 1. The molecule has 1 unspecified atom stereocenters. The lowest BCUT2D eigenvalue weighted by Gasteiger charge is -2.45. The molecule has 2 aromatic carbocycles. The molecular formula is C27H27F2N3O4. The number of hydrogen-bond donors (Lipinski definition) is 2. The van der Waals surface area contributed by atoms with Gasteiger partial charge in [0.15, 0.2) is 28.9 Å². The number of nitrogens with zero attached hydrogens (tertiary/aromatic N) is 2. The molecule has 1 aliphatic rings. The number of aryl methyl sites for hydroxylation is 1. The summed E-state index contributed by atoms with van der Waals surface area (Å²) in [6.45, 7) is 5.05. The van der Waals surface area contributed by atoms with Crippen LogP contribution in [0.25, 0.3) is 22.6 Å². The van der Waals surface area contributed by atoms with Crippen molar-refractivity contribution in [1.82, 2.24) is 15.2 Å². The van der Waals surface area contributed by atoms with E-state index in [-0.39, 0.29) is 5.75 Å². The summed E-state index contributed by atoms with van der Waals surface area (Å²) in [4.78, 5) is 4.16. The van der Waals surface area contributed by atoms with Crippen molar-refractivity contribution >= 4 is 0 Å². The van der Waals surface area contributed by atoms with Gasteiger partial charge in [-0.15, -0.1) is 0 Å². The number of fused-ring (bicyclic) bond motifs is 1. The van der Waals surface area contributed by atoms with E-state index >= 15 is 0 Å². The highest BCUT2D eigenvalue weighted by molar-refractivity contribution is 5.74. The lowest BCUT2D eigenvalue weighted by atomic mass is 9.72. The SMILES string of the molecule is COc1cc(-c2n[nH]c3c2CCCC3(Oc2ccc(F)c(F)c2)C(C)(C)O)ccc1-c1cnc(C)o1. The summed E-state index contributed by atoms with van der Waals surface area (Å²) < 4.78 is 45.0. The van der Waals surface area contributed by atoms with Crippen LogP contribution in [0.4, 0.5) is 8.78 Å². The van der Waals surface area contributed by atoms with Gasteiger partial charge in [-0.25, -0.2) is 13.8 Å². The van der Waals surface area contributed by atoms with Gasteiger partial charge in [0, 0.05) is 24.1 Å². The first-order chi connectivity index (χ1) is 17.1. The number of oxazole rings is 1. The Bertz CT molecular complexity index is 1420. The smallest absolute Gasteiger partial charge is 0.191 e. The fourth-order valence-electron chi connectivity index (χ4n) is 4.93. The summed E-state index contributed by atoms with van der Waals surface area (Å²) in [5.41, 5.74) is 1.14. The van der Waals surface area contributed by atoms with E-state index in [0.717, 1.165) is 28.8 Å². The zero-order valence-electron chi connectivity index (χ0n) is 20.5. The van der Waals surface area contributed by atoms with Crippen molar-refractivity contribution in [3.63, 3.8) is 0 Å². The van der Waals surface area contributed by atoms with Gasteiger partial charge in [-0.3, -0.25) is 5.10 Å². The van der Waals surface area contributed by atoms with Crippen LogP contribution in [-0.4, -0.2) is 33.0 Å². The maximum atomic E-state index is 13.9. The molecule has 9 heteroatoms. The second-order valence-electron chi connectivity index (χ2n) is 9.50. The molecule has 36 heavy (non-hydrogen) atoms. The van der Waals surface area contributed by atoms with E-state index in [1.807, 2.05) is 18.2 Å². The van der Waals surface area contributed by atoms with Crippen molar-refractivity contribution in [3.05, 3.63) is 71.4 Å². The fraction of sp³-hybridized carbons (Fsp3) is 0.333. The zero-order chi connectivity index (χ0) is 25.7. The van der Waals surface area contributed by atoms with Crippen LogP contribution in [-0.2, 0) is 12.0 Å². The number of aromatic amines is 1. The molecule has 0 fully saturated rings. The first kappa shape index (κ1) is 24.0. The van der Waals surface area contributed by atoms with E-state index < -0.39 is 22.8 Å². The van der Waals surface area contributed by atoms with Crippen LogP contribution < -0.4 is 9.47 Å². The maximum absolute atomic E-state index is 13.9. The lowest BCUT2D eigenvalue weighted by Crippen LogP contribution is -2.54. The molecule has 2 heterocycles. The van der Waals surface area contributed by atoms with Crippen molar-refractivity contribution in [2.45, 2.75) is 51.2 Å². The topological polar surface area (TPSA) is 93.4 Å². The average Bonchev–Trinajstić information content (AvgIpc) is 3.47. The Labute approximate surface area is 207 Å². The Balaban J connectivity index is 1.59. The Morgan fingerprint density at radius 2 is 1.94 bits per heavy atom. The van der Waals surface area contributed by atoms with E-state index in [2.05, 4.69) is 15.2 Å². The first-order valence-electron chi connectivity index (χ1n) is 11.7. The molecule has 0 radical (unpaired) electrons. The molecule has 4 aromatic rings.